The van der Waals surface area contributed by atoms with Crippen molar-refractivity contribution in [3.8, 4) is 0 Å². The first kappa shape index (κ1) is 13.1. The van der Waals surface area contributed by atoms with Crippen molar-refractivity contribution in [2.24, 2.45) is 5.41 Å². The van der Waals surface area contributed by atoms with Crippen LogP contribution in [-0.4, -0.2) is 35.5 Å². The van der Waals surface area contributed by atoms with Crippen molar-refractivity contribution in [1.29, 1.82) is 0 Å². The Hall–Kier alpha value is -1.36. The Morgan fingerprint density at radius 3 is 2.89 bits per heavy atom. The van der Waals surface area contributed by atoms with Crippen LogP contribution in [0.15, 0.2) is 12.5 Å². The number of hydrogen-bond acceptors (Lipinski definition) is 3. The van der Waals surface area contributed by atoms with Crippen LogP contribution in [0.4, 0.5) is 0 Å². The SMILES string of the molecule is CCC1(C(=O)NCCc2cnc[nH]2)CCNCC1. The molecule has 3 N–H and O–H groups in total. The lowest BCUT2D eigenvalue weighted by atomic mass is 9.76. The number of carbonyl (C=O) groups is 1. The second-order valence-electron chi connectivity index (χ2n) is 4.97. The zero-order valence-corrected chi connectivity index (χ0v) is 11.0. The van der Waals surface area contributed by atoms with Gasteiger partial charge in [0.25, 0.3) is 0 Å². The standard InChI is InChI=1S/C13H22N4O/c1-2-13(4-7-14-8-5-13)12(18)16-6-3-11-9-15-10-17-11/h9-10,14H,2-8H2,1H3,(H,15,17)(H,16,18). The molecular formula is C13H22N4O. The number of aromatic nitrogens is 2. The zero-order valence-electron chi connectivity index (χ0n) is 11.0. The van der Waals surface area contributed by atoms with Crippen molar-refractivity contribution in [3.63, 3.8) is 0 Å². The molecule has 1 saturated heterocycles. The Labute approximate surface area is 108 Å². The molecule has 0 atom stereocenters. The summed E-state index contributed by atoms with van der Waals surface area (Å²) < 4.78 is 0. The van der Waals surface area contributed by atoms with E-state index in [0.717, 1.165) is 44.5 Å². The van der Waals surface area contributed by atoms with E-state index in [0.29, 0.717) is 6.54 Å². The molecular weight excluding hydrogens is 228 g/mol. The molecule has 5 heteroatoms. The molecule has 0 radical (unpaired) electrons. The molecule has 1 fully saturated rings. The van der Waals surface area contributed by atoms with E-state index >= 15 is 0 Å². The maximum absolute atomic E-state index is 12.3. The number of hydrogen-bond donors (Lipinski definition) is 3. The fraction of sp³-hybridized carbons (Fsp3) is 0.692. The number of H-pyrrole nitrogens is 1. The number of nitrogens with one attached hydrogen (secondary N) is 3. The Kier molecular flexibility index (Phi) is 4.36. The number of amides is 1. The maximum atomic E-state index is 12.3. The lowest BCUT2D eigenvalue weighted by Gasteiger charge is -2.35. The second-order valence-corrected chi connectivity index (χ2v) is 4.97. The molecule has 2 rings (SSSR count). The minimum atomic E-state index is -0.154. The summed E-state index contributed by atoms with van der Waals surface area (Å²) in [6.07, 6.45) is 7.08. The summed E-state index contributed by atoms with van der Waals surface area (Å²) in [6, 6.07) is 0. The van der Waals surface area contributed by atoms with Gasteiger partial charge in [-0.05, 0) is 32.4 Å². The monoisotopic (exact) mass is 250 g/mol. The Balaban J connectivity index is 1.82. The highest BCUT2D eigenvalue weighted by molar-refractivity contribution is 5.82. The average Bonchev–Trinajstić information content (AvgIpc) is 2.92. The number of nitrogens with zero attached hydrogens (tertiary/aromatic N) is 1. The van der Waals surface area contributed by atoms with Crippen molar-refractivity contribution in [2.45, 2.75) is 32.6 Å². The zero-order chi connectivity index (χ0) is 12.8. The predicted octanol–water partition coefficient (Wildman–Crippen LogP) is 0.848. The Morgan fingerprint density at radius 2 is 2.28 bits per heavy atom. The van der Waals surface area contributed by atoms with Gasteiger partial charge in [-0.1, -0.05) is 6.92 Å². The largest absolute Gasteiger partial charge is 0.355 e. The van der Waals surface area contributed by atoms with Gasteiger partial charge in [0.2, 0.25) is 5.91 Å². The van der Waals surface area contributed by atoms with Gasteiger partial charge >= 0.3 is 0 Å². The molecule has 0 bridgehead atoms. The van der Waals surface area contributed by atoms with E-state index in [1.54, 1.807) is 12.5 Å². The molecule has 1 amide bonds. The average molecular weight is 250 g/mol. The van der Waals surface area contributed by atoms with Crippen molar-refractivity contribution in [3.05, 3.63) is 18.2 Å². The van der Waals surface area contributed by atoms with E-state index in [1.165, 1.54) is 0 Å². The van der Waals surface area contributed by atoms with Crippen LogP contribution in [-0.2, 0) is 11.2 Å². The summed E-state index contributed by atoms with van der Waals surface area (Å²) >= 11 is 0. The van der Waals surface area contributed by atoms with Crippen LogP contribution in [0.3, 0.4) is 0 Å². The van der Waals surface area contributed by atoms with Crippen LogP contribution in [0, 0.1) is 5.41 Å². The number of aromatic amines is 1. The molecule has 0 aromatic carbocycles. The van der Waals surface area contributed by atoms with E-state index in [2.05, 4.69) is 27.5 Å². The van der Waals surface area contributed by atoms with Gasteiger partial charge in [0.15, 0.2) is 0 Å². The molecule has 5 nitrogen and oxygen atoms in total. The minimum Gasteiger partial charge on any atom is -0.355 e. The quantitative estimate of drug-likeness (QED) is 0.725. The van der Waals surface area contributed by atoms with E-state index in [1.807, 2.05) is 0 Å². The molecule has 100 valence electrons. The van der Waals surface area contributed by atoms with Crippen molar-refractivity contribution in [2.75, 3.05) is 19.6 Å². The van der Waals surface area contributed by atoms with Crippen LogP contribution >= 0.6 is 0 Å². The lowest BCUT2D eigenvalue weighted by Crippen LogP contribution is -2.47. The van der Waals surface area contributed by atoms with Gasteiger partial charge in [-0.25, -0.2) is 4.98 Å². The van der Waals surface area contributed by atoms with Crippen molar-refractivity contribution >= 4 is 5.91 Å². The topological polar surface area (TPSA) is 69.8 Å². The summed E-state index contributed by atoms with van der Waals surface area (Å²) in [6.45, 7) is 4.68. The van der Waals surface area contributed by atoms with Gasteiger partial charge in [0.1, 0.15) is 0 Å². The smallest absolute Gasteiger partial charge is 0.226 e. The first-order chi connectivity index (χ1) is 8.77. The summed E-state index contributed by atoms with van der Waals surface area (Å²) in [5.41, 5.74) is 0.908. The van der Waals surface area contributed by atoms with Gasteiger partial charge in [0, 0.05) is 24.9 Å². The van der Waals surface area contributed by atoms with E-state index in [4.69, 9.17) is 0 Å². The van der Waals surface area contributed by atoms with E-state index < -0.39 is 0 Å². The summed E-state index contributed by atoms with van der Waals surface area (Å²) in [4.78, 5) is 19.3. The van der Waals surface area contributed by atoms with Gasteiger partial charge in [0.05, 0.1) is 11.7 Å². The Morgan fingerprint density at radius 1 is 1.50 bits per heavy atom. The maximum Gasteiger partial charge on any atom is 0.226 e. The minimum absolute atomic E-state index is 0.154. The van der Waals surface area contributed by atoms with Crippen LogP contribution in [0.5, 0.6) is 0 Å². The van der Waals surface area contributed by atoms with E-state index in [-0.39, 0.29) is 11.3 Å². The van der Waals surface area contributed by atoms with Crippen molar-refractivity contribution < 1.29 is 4.79 Å². The number of rotatable bonds is 5. The highest BCUT2D eigenvalue weighted by Crippen LogP contribution is 2.32. The fourth-order valence-electron chi connectivity index (χ4n) is 2.57. The normalized spacial score (nSPS) is 18.5. The van der Waals surface area contributed by atoms with Crippen LogP contribution in [0.25, 0.3) is 0 Å². The molecule has 1 aromatic rings. The van der Waals surface area contributed by atoms with Crippen LogP contribution in [0.2, 0.25) is 0 Å². The van der Waals surface area contributed by atoms with Gasteiger partial charge in [-0.2, -0.15) is 0 Å². The number of imidazole rings is 1. The third-order valence-electron chi connectivity index (χ3n) is 3.95. The fourth-order valence-corrected chi connectivity index (χ4v) is 2.57. The molecule has 1 aliphatic rings. The van der Waals surface area contributed by atoms with E-state index in [9.17, 15) is 4.79 Å². The van der Waals surface area contributed by atoms with Crippen LogP contribution < -0.4 is 10.6 Å². The highest BCUT2D eigenvalue weighted by atomic mass is 16.2. The molecule has 0 spiro atoms. The van der Waals surface area contributed by atoms with Gasteiger partial charge in [-0.3, -0.25) is 4.79 Å². The molecule has 1 aliphatic heterocycles. The van der Waals surface area contributed by atoms with Crippen molar-refractivity contribution in [1.82, 2.24) is 20.6 Å². The predicted molar refractivity (Wildman–Crippen MR) is 70.1 cm³/mol. The molecule has 2 heterocycles. The lowest BCUT2D eigenvalue weighted by molar-refractivity contribution is -0.132. The first-order valence-corrected chi connectivity index (χ1v) is 6.73. The Bertz CT molecular complexity index is 368. The first-order valence-electron chi connectivity index (χ1n) is 6.73. The third-order valence-corrected chi connectivity index (χ3v) is 3.95. The molecule has 0 aliphatic carbocycles. The molecule has 0 unspecified atom stereocenters. The van der Waals surface area contributed by atoms with Crippen LogP contribution in [0.1, 0.15) is 31.9 Å². The second kappa shape index (κ2) is 6.00. The van der Waals surface area contributed by atoms with Gasteiger partial charge in [-0.15, -0.1) is 0 Å². The number of carbonyl (C=O) groups excluding carboxylic acids is 1. The summed E-state index contributed by atoms with van der Waals surface area (Å²) in [7, 11) is 0. The number of piperidine rings is 1. The molecule has 1 aromatic heterocycles. The third kappa shape index (κ3) is 2.90. The molecule has 0 saturated carbocycles. The molecule has 18 heavy (non-hydrogen) atoms. The summed E-state index contributed by atoms with van der Waals surface area (Å²) in [5.74, 6) is 0.214. The highest BCUT2D eigenvalue weighted by Gasteiger charge is 2.37. The summed E-state index contributed by atoms with van der Waals surface area (Å²) in [5, 5.41) is 6.38. The van der Waals surface area contributed by atoms with Gasteiger partial charge < -0.3 is 15.6 Å².